The molecule has 0 spiro atoms. The number of fused-ring (bicyclic) bond motifs is 7. The molecule has 0 N–H and O–H groups in total. The lowest BCUT2D eigenvalue weighted by Crippen LogP contribution is -2.55. The van der Waals surface area contributed by atoms with Crippen molar-refractivity contribution in [3.05, 3.63) is 199 Å². The van der Waals surface area contributed by atoms with Gasteiger partial charge in [-0.05, 0) is 125 Å². The number of anilines is 3. The summed E-state index contributed by atoms with van der Waals surface area (Å²) in [5.74, 6) is 0.828. The third-order valence-corrected chi connectivity index (χ3v) is 11.8. The van der Waals surface area contributed by atoms with Gasteiger partial charge in [0.15, 0.2) is 0 Å². The zero-order valence-corrected chi connectivity index (χ0v) is 32.2. The summed E-state index contributed by atoms with van der Waals surface area (Å²) in [6.07, 6.45) is 0. The Morgan fingerprint density at radius 2 is 1.02 bits per heavy atom. The Balaban J connectivity index is 1.33. The predicted octanol–water partition coefficient (Wildman–Crippen LogP) is 12.7. The SMILES string of the molecule is Cc1cc(C)c(-c2cc3c(c(-n4c5ccccc5c5ccccc54)c2)B(Oc2ccccc2)c2cc4ccccc4cc2N3c2ccc3ccccc3c2)c(C)c1. The van der Waals surface area contributed by atoms with Crippen LogP contribution in [0.25, 0.3) is 60.2 Å². The maximum Gasteiger partial charge on any atom is 0.432 e. The molecule has 0 bridgehead atoms. The van der Waals surface area contributed by atoms with Crippen LogP contribution in [0.2, 0.25) is 0 Å². The summed E-state index contributed by atoms with van der Waals surface area (Å²) in [5, 5.41) is 7.24. The molecule has 0 aliphatic carbocycles. The van der Waals surface area contributed by atoms with Gasteiger partial charge in [0, 0.05) is 39.0 Å². The molecular weight excluding hydrogens is 691 g/mol. The van der Waals surface area contributed by atoms with Crippen LogP contribution in [0.15, 0.2) is 182 Å². The first-order valence-corrected chi connectivity index (χ1v) is 19.8. The van der Waals surface area contributed by atoms with Crippen LogP contribution in [-0.4, -0.2) is 11.5 Å². The van der Waals surface area contributed by atoms with Crippen molar-refractivity contribution in [2.45, 2.75) is 20.8 Å². The fourth-order valence-corrected chi connectivity index (χ4v) is 9.51. The fraction of sp³-hybridized carbons (Fsp3) is 0.0566. The lowest BCUT2D eigenvalue weighted by molar-refractivity contribution is 0.591. The molecule has 3 nitrogen and oxygen atoms in total. The van der Waals surface area contributed by atoms with Crippen molar-refractivity contribution in [2.75, 3.05) is 4.90 Å². The van der Waals surface area contributed by atoms with Crippen LogP contribution < -0.4 is 20.5 Å². The highest BCUT2D eigenvalue weighted by atomic mass is 16.4. The van der Waals surface area contributed by atoms with E-state index in [1.165, 1.54) is 60.1 Å². The van der Waals surface area contributed by atoms with E-state index in [2.05, 4.69) is 206 Å². The molecule has 0 radical (unpaired) electrons. The zero-order valence-electron chi connectivity index (χ0n) is 32.2. The third kappa shape index (κ3) is 5.36. The molecule has 57 heavy (non-hydrogen) atoms. The average Bonchev–Trinajstić information content (AvgIpc) is 3.57. The Bertz CT molecular complexity index is 3140. The van der Waals surface area contributed by atoms with Crippen LogP contribution in [-0.2, 0) is 0 Å². The van der Waals surface area contributed by atoms with Crippen LogP contribution in [0, 0.1) is 20.8 Å². The van der Waals surface area contributed by atoms with E-state index < -0.39 is 6.92 Å². The maximum absolute atomic E-state index is 7.34. The van der Waals surface area contributed by atoms with E-state index in [0.717, 1.165) is 50.5 Å². The number of aryl methyl sites for hydroxylation is 3. The second kappa shape index (κ2) is 13.0. The Kier molecular flexibility index (Phi) is 7.62. The average molecular weight is 731 g/mol. The molecule has 0 amide bonds. The standard InChI is InChI=1S/C53H39BN2O/c1-34-27-35(2)52(36(3)28-34)41-32-50-53(51(33-41)56-47-23-13-11-21-44(47)45-22-12-14-24-48(45)56)54(57-43-19-5-4-6-20-43)46-30-39-17-9-10-18-40(39)31-49(46)55(50)42-26-25-37-15-7-8-16-38(37)29-42/h4-33H,1-3H3. The van der Waals surface area contributed by atoms with Gasteiger partial charge in [-0.3, -0.25) is 0 Å². The molecule has 4 heteroatoms. The summed E-state index contributed by atoms with van der Waals surface area (Å²) in [6, 6.07) is 66.3. The largest absolute Gasteiger partial charge is 0.551 e. The van der Waals surface area contributed by atoms with Crippen LogP contribution in [0.1, 0.15) is 16.7 Å². The minimum Gasteiger partial charge on any atom is -0.551 e. The van der Waals surface area contributed by atoms with Gasteiger partial charge in [0.05, 0.1) is 16.8 Å². The second-order valence-corrected chi connectivity index (χ2v) is 15.5. The highest BCUT2D eigenvalue weighted by Gasteiger charge is 2.41. The van der Waals surface area contributed by atoms with Crippen molar-refractivity contribution < 1.29 is 4.65 Å². The van der Waals surface area contributed by atoms with E-state index in [-0.39, 0.29) is 0 Å². The molecule has 9 aromatic carbocycles. The molecule has 1 aliphatic heterocycles. The quantitative estimate of drug-likeness (QED) is 0.164. The summed E-state index contributed by atoms with van der Waals surface area (Å²) in [4.78, 5) is 2.49. The number of aromatic nitrogens is 1. The minimum absolute atomic E-state index is 0.428. The number of hydrogen-bond acceptors (Lipinski definition) is 2. The first-order chi connectivity index (χ1) is 28.0. The smallest absolute Gasteiger partial charge is 0.432 e. The van der Waals surface area contributed by atoms with Crippen molar-refractivity contribution >= 4 is 78.3 Å². The molecule has 1 aromatic heterocycles. The number of benzene rings is 9. The van der Waals surface area contributed by atoms with Crippen LogP contribution >= 0.6 is 0 Å². The van der Waals surface area contributed by atoms with Crippen LogP contribution in [0.3, 0.4) is 0 Å². The molecule has 2 heterocycles. The van der Waals surface area contributed by atoms with Gasteiger partial charge in [0.2, 0.25) is 0 Å². The van der Waals surface area contributed by atoms with Crippen molar-refractivity contribution in [3.63, 3.8) is 0 Å². The van der Waals surface area contributed by atoms with E-state index in [4.69, 9.17) is 4.65 Å². The normalized spacial score (nSPS) is 12.4. The summed E-state index contributed by atoms with van der Waals surface area (Å²) in [7, 11) is 0. The molecule has 0 fully saturated rings. The van der Waals surface area contributed by atoms with E-state index in [9.17, 15) is 0 Å². The van der Waals surface area contributed by atoms with Crippen molar-refractivity contribution in [3.8, 4) is 22.6 Å². The third-order valence-electron chi connectivity index (χ3n) is 11.8. The summed E-state index contributed by atoms with van der Waals surface area (Å²) >= 11 is 0. The Morgan fingerprint density at radius 3 is 1.70 bits per heavy atom. The van der Waals surface area contributed by atoms with Gasteiger partial charge in [-0.1, -0.05) is 133 Å². The lowest BCUT2D eigenvalue weighted by Gasteiger charge is -2.38. The van der Waals surface area contributed by atoms with Gasteiger partial charge in [-0.25, -0.2) is 0 Å². The number of rotatable bonds is 5. The number of para-hydroxylation sites is 3. The van der Waals surface area contributed by atoms with Gasteiger partial charge >= 0.3 is 6.92 Å². The molecule has 10 aromatic rings. The lowest BCUT2D eigenvalue weighted by atomic mass is 9.51. The molecule has 11 rings (SSSR count). The monoisotopic (exact) mass is 730 g/mol. The Hall–Kier alpha value is -7.04. The summed E-state index contributed by atoms with van der Waals surface area (Å²) in [6.45, 7) is 6.26. The van der Waals surface area contributed by atoms with Crippen molar-refractivity contribution in [2.24, 2.45) is 0 Å². The van der Waals surface area contributed by atoms with Crippen LogP contribution in [0.4, 0.5) is 17.1 Å². The van der Waals surface area contributed by atoms with Crippen molar-refractivity contribution in [1.82, 2.24) is 4.57 Å². The molecule has 0 unspecified atom stereocenters. The minimum atomic E-state index is -0.428. The van der Waals surface area contributed by atoms with E-state index in [1.807, 2.05) is 6.07 Å². The first kappa shape index (κ1) is 33.3. The zero-order chi connectivity index (χ0) is 38.2. The molecule has 1 aliphatic rings. The van der Waals surface area contributed by atoms with E-state index in [1.54, 1.807) is 0 Å². The van der Waals surface area contributed by atoms with Gasteiger partial charge in [0.1, 0.15) is 0 Å². The molecule has 0 saturated carbocycles. The van der Waals surface area contributed by atoms with Gasteiger partial charge < -0.3 is 14.1 Å². The van der Waals surface area contributed by atoms with E-state index in [0.29, 0.717) is 0 Å². The Labute approximate surface area is 333 Å². The van der Waals surface area contributed by atoms with Crippen molar-refractivity contribution in [1.29, 1.82) is 0 Å². The highest BCUT2D eigenvalue weighted by Crippen LogP contribution is 2.44. The fourth-order valence-electron chi connectivity index (χ4n) is 9.51. The predicted molar refractivity (Wildman–Crippen MR) is 242 cm³/mol. The molecule has 270 valence electrons. The second-order valence-electron chi connectivity index (χ2n) is 15.5. The van der Waals surface area contributed by atoms with Crippen LogP contribution in [0.5, 0.6) is 5.75 Å². The maximum atomic E-state index is 7.34. The number of hydrogen-bond donors (Lipinski definition) is 0. The summed E-state index contributed by atoms with van der Waals surface area (Å²) in [5.41, 5.74) is 15.2. The molecule has 0 saturated heterocycles. The van der Waals surface area contributed by atoms with E-state index >= 15 is 0 Å². The highest BCUT2D eigenvalue weighted by molar-refractivity contribution is 6.85. The van der Waals surface area contributed by atoms with Gasteiger partial charge in [0.25, 0.3) is 0 Å². The van der Waals surface area contributed by atoms with Gasteiger partial charge in [-0.2, -0.15) is 0 Å². The summed E-state index contributed by atoms with van der Waals surface area (Å²) < 4.78 is 9.83. The van der Waals surface area contributed by atoms with Gasteiger partial charge in [-0.15, -0.1) is 0 Å². The molecule has 0 atom stereocenters. The first-order valence-electron chi connectivity index (χ1n) is 19.8. The molecular formula is C53H39BN2O. The number of nitrogens with zero attached hydrogens (tertiary/aromatic N) is 2. The Morgan fingerprint density at radius 1 is 0.456 bits per heavy atom. The topological polar surface area (TPSA) is 17.4 Å².